The number of aromatic amines is 1. The Labute approximate surface area is 164 Å². The van der Waals surface area contributed by atoms with Gasteiger partial charge in [-0.1, -0.05) is 37.6 Å². The fourth-order valence-corrected chi connectivity index (χ4v) is 2.70. The molecule has 3 aromatic rings. The number of rotatable bonds is 8. The highest BCUT2D eigenvalue weighted by Gasteiger charge is 2.01. The summed E-state index contributed by atoms with van der Waals surface area (Å²) in [6.45, 7) is 4.66. The molecule has 0 spiro atoms. The fourth-order valence-electron chi connectivity index (χ4n) is 2.70. The second-order valence-electron chi connectivity index (χ2n) is 6.49. The molecule has 6 heteroatoms. The van der Waals surface area contributed by atoms with Crippen LogP contribution in [0.25, 0.3) is 0 Å². The van der Waals surface area contributed by atoms with E-state index in [1.54, 1.807) is 6.21 Å². The Morgan fingerprint density at radius 3 is 2.71 bits per heavy atom. The SMILES string of the molecule is CCCc1cc(=O)[nH]c(N/N=C/c2ccc(OCc3ccccc3C)cc2)n1. The number of benzene rings is 2. The lowest BCUT2D eigenvalue weighted by molar-refractivity contribution is 0.305. The van der Waals surface area contributed by atoms with Crippen molar-refractivity contribution in [1.82, 2.24) is 9.97 Å². The van der Waals surface area contributed by atoms with E-state index in [9.17, 15) is 4.79 Å². The molecule has 0 radical (unpaired) electrons. The molecule has 1 heterocycles. The normalized spacial score (nSPS) is 10.9. The highest BCUT2D eigenvalue weighted by Crippen LogP contribution is 2.15. The molecule has 28 heavy (non-hydrogen) atoms. The first kappa shape index (κ1) is 19.4. The van der Waals surface area contributed by atoms with Gasteiger partial charge in [-0.25, -0.2) is 10.4 Å². The van der Waals surface area contributed by atoms with Gasteiger partial charge in [0.2, 0.25) is 5.95 Å². The van der Waals surface area contributed by atoms with Crippen LogP contribution >= 0.6 is 0 Å². The number of nitrogens with zero attached hydrogens (tertiary/aromatic N) is 2. The van der Waals surface area contributed by atoms with E-state index >= 15 is 0 Å². The third-order valence-electron chi connectivity index (χ3n) is 4.22. The summed E-state index contributed by atoms with van der Waals surface area (Å²) in [5, 5.41) is 4.14. The smallest absolute Gasteiger partial charge is 0.252 e. The molecule has 0 saturated carbocycles. The first-order valence-electron chi connectivity index (χ1n) is 9.30. The van der Waals surface area contributed by atoms with Gasteiger partial charge < -0.3 is 4.74 Å². The van der Waals surface area contributed by atoms with Crippen molar-refractivity contribution in [2.75, 3.05) is 5.43 Å². The molecule has 2 aromatic carbocycles. The minimum absolute atomic E-state index is 0.189. The molecular weight excluding hydrogens is 352 g/mol. The maximum Gasteiger partial charge on any atom is 0.252 e. The van der Waals surface area contributed by atoms with Gasteiger partial charge in [-0.15, -0.1) is 0 Å². The van der Waals surface area contributed by atoms with Gasteiger partial charge >= 0.3 is 0 Å². The summed E-state index contributed by atoms with van der Waals surface area (Å²) < 4.78 is 5.84. The molecule has 0 aliphatic carbocycles. The summed E-state index contributed by atoms with van der Waals surface area (Å²) in [6.07, 6.45) is 3.35. The highest BCUT2D eigenvalue weighted by molar-refractivity contribution is 5.80. The van der Waals surface area contributed by atoms with Crippen LogP contribution in [0, 0.1) is 6.92 Å². The predicted octanol–water partition coefficient (Wildman–Crippen LogP) is 4.06. The quantitative estimate of drug-likeness (QED) is 0.459. The largest absolute Gasteiger partial charge is 0.489 e. The number of hydrogen-bond donors (Lipinski definition) is 2. The maximum absolute atomic E-state index is 11.6. The Morgan fingerprint density at radius 1 is 1.18 bits per heavy atom. The van der Waals surface area contributed by atoms with Gasteiger partial charge in [0.15, 0.2) is 0 Å². The number of H-pyrrole nitrogens is 1. The van der Waals surface area contributed by atoms with Gasteiger partial charge in [0.1, 0.15) is 12.4 Å². The minimum atomic E-state index is -0.189. The van der Waals surface area contributed by atoms with Gasteiger partial charge in [0.05, 0.1) is 6.21 Å². The van der Waals surface area contributed by atoms with E-state index in [4.69, 9.17) is 4.74 Å². The zero-order valence-electron chi connectivity index (χ0n) is 16.1. The second kappa shape index (κ2) is 9.50. The Kier molecular flexibility index (Phi) is 6.57. The zero-order valence-corrected chi connectivity index (χ0v) is 16.1. The van der Waals surface area contributed by atoms with Gasteiger partial charge in [0, 0.05) is 11.8 Å². The van der Waals surface area contributed by atoms with Crippen LogP contribution in [0.3, 0.4) is 0 Å². The molecule has 0 fully saturated rings. The lowest BCUT2D eigenvalue weighted by Gasteiger charge is -2.08. The summed E-state index contributed by atoms with van der Waals surface area (Å²) in [5.41, 5.74) is 6.62. The summed E-state index contributed by atoms with van der Waals surface area (Å²) in [5.74, 6) is 1.14. The molecular formula is C22H24N4O2. The Hall–Kier alpha value is -3.41. The van der Waals surface area contributed by atoms with Crippen LogP contribution < -0.4 is 15.7 Å². The van der Waals surface area contributed by atoms with Crippen molar-refractivity contribution in [3.05, 3.63) is 87.3 Å². The summed E-state index contributed by atoms with van der Waals surface area (Å²) in [6, 6.07) is 17.3. The molecule has 3 rings (SSSR count). The number of ether oxygens (including phenoxy) is 1. The molecule has 0 amide bonds. The van der Waals surface area contributed by atoms with Gasteiger partial charge in [0.25, 0.3) is 5.56 Å². The van der Waals surface area contributed by atoms with E-state index in [1.165, 1.54) is 17.2 Å². The average molecular weight is 376 g/mol. The molecule has 0 atom stereocenters. The van der Waals surface area contributed by atoms with E-state index in [0.29, 0.717) is 12.6 Å². The number of hydrazone groups is 1. The molecule has 0 unspecified atom stereocenters. The molecule has 144 valence electrons. The van der Waals surface area contributed by atoms with E-state index in [2.05, 4.69) is 39.6 Å². The molecule has 0 aliphatic heterocycles. The van der Waals surface area contributed by atoms with Crippen molar-refractivity contribution in [3.8, 4) is 5.75 Å². The van der Waals surface area contributed by atoms with E-state index < -0.39 is 0 Å². The first-order chi connectivity index (χ1) is 13.6. The lowest BCUT2D eigenvalue weighted by atomic mass is 10.1. The van der Waals surface area contributed by atoms with Crippen molar-refractivity contribution in [2.45, 2.75) is 33.3 Å². The van der Waals surface area contributed by atoms with E-state index in [0.717, 1.165) is 29.8 Å². The second-order valence-corrected chi connectivity index (χ2v) is 6.49. The van der Waals surface area contributed by atoms with E-state index in [-0.39, 0.29) is 5.56 Å². The summed E-state index contributed by atoms with van der Waals surface area (Å²) in [4.78, 5) is 18.6. The summed E-state index contributed by atoms with van der Waals surface area (Å²) >= 11 is 0. The van der Waals surface area contributed by atoms with Crippen molar-refractivity contribution >= 4 is 12.2 Å². The monoisotopic (exact) mass is 376 g/mol. The maximum atomic E-state index is 11.6. The Balaban J connectivity index is 1.57. The van der Waals surface area contributed by atoms with Crippen LogP contribution in [0.5, 0.6) is 5.75 Å². The van der Waals surface area contributed by atoms with Crippen molar-refractivity contribution in [1.29, 1.82) is 0 Å². The zero-order chi connectivity index (χ0) is 19.8. The molecule has 0 saturated heterocycles. The first-order valence-corrected chi connectivity index (χ1v) is 9.30. The number of anilines is 1. The number of hydrogen-bond acceptors (Lipinski definition) is 5. The minimum Gasteiger partial charge on any atom is -0.489 e. The van der Waals surface area contributed by atoms with Crippen LogP contribution in [-0.4, -0.2) is 16.2 Å². The van der Waals surface area contributed by atoms with Crippen LogP contribution in [0.4, 0.5) is 5.95 Å². The Morgan fingerprint density at radius 2 is 1.96 bits per heavy atom. The summed E-state index contributed by atoms with van der Waals surface area (Å²) in [7, 11) is 0. The highest BCUT2D eigenvalue weighted by atomic mass is 16.5. The van der Waals surface area contributed by atoms with Crippen LogP contribution in [0.2, 0.25) is 0 Å². The van der Waals surface area contributed by atoms with Crippen LogP contribution in [-0.2, 0) is 13.0 Å². The predicted molar refractivity (Wildman–Crippen MR) is 112 cm³/mol. The molecule has 0 bridgehead atoms. The van der Waals surface area contributed by atoms with Crippen molar-refractivity contribution in [2.24, 2.45) is 5.10 Å². The van der Waals surface area contributed by atoms with Crippen LogP contribution in [0.1, 0.15) is 35.7 Å². The average Bonchev–Trinajstić information content (AvgIpc) is 2.68. The lowest BCUT2D eigenvalue weighted by Crippen LogP contribution is -2.11. The standard InChI is InChI=1S/C22H24N4O2/c1-3-6-19-13-21(27)25-22(24-19)26-23-14-17-9-11-20(12-10-17)28-15-18-8-5-4-7-16(18)2/h4-5,7-14H,3,6,15H2,1-2H3,(H2,24,25,26,27)/b23-14+. The van der Waals surface area contributed by atoms with Crippen molar-refractivity contribution < 1.29 is 4.74 Å². The third kappa shape index (κ3) is 5.54. The number of aromatic nitrogens is 2. The molecule has 1 aromatic heterocycles. The van der Waals surface area contributed by atoms with Crippen molar-refractivity contribution in [3.63, 3.8) is 0 Å². The third-order valence-corrected chi connectivity index (χ3v) is 4.22. The van der Waals surface area contributed by atoms with E-state index in [1.807, 2.05) is 43.3 Å². The molecule has 0 aliphatic rings. The molecule has 6 nitrogen and oxygen atoms in total. The van der Waals surface area contributed by atoms with Gasteiger partial charge in [-0.05, 0) is 54.3 Å². The van der Waals surface area contributed by atoms with Gasteiger partial charge in [-0.3, -0.25) is 9.78 Å². The molecule has 2 N–H and O–H groups in total. The topological polar surface area (TPSA) is 79.4 Å². The van der Waals surface area contributed by atoms with Gasteiger partial charge in [-0.2, -0.15) is 5.10 Å². The number of aryl methyl sites for hydroxylation is 2. The van der Waals surface area contributed by atoms with Crippen LogP contribution in [0.15, 0.2) is 64.5 Å². The Bertz CT molecular complexity index is 994. The fraction of sp³-hybridized carbons (Fsp3) is 0.227. The number of nitrogens with one attached hydrogen (secondary N) is 2.